The molecule has 0 spiro atoms. The van der Waals surface area contributed by atoms with Gasteiger partial charge in [0.1, 0.15) is 17.9 Å². The molecular formula is C42H47Cl3N8O12S2. The van der Waals surface area contributed by atoms with Crippen molar-refractivity contribution >= 4 is 84.2 Å². The summed E-state index contributed by atoms with van der Waals surface area (Å²) in [7, 11) is -4.18. The smallest absolute Gasteiger partial charge is 0.403 e. The van der Waals surface area contributed by atoms with E-state index in [0.29, 0.717) is 18.0 Å². The summed E-state index contributed by atoms with van der Waals surface area (Å²) < 4.78 is 64.1. The predicted molar refractivity (Wildman–Crippen MR) is 248 cm³/mol. The Morgan fingerprint density at radius 2 is 1.19 bits per heavy atom. The first-order valence-corrected chi connectivity index (χ1v) is 24.3. The number of nitrogens with zero attached hydrogens (tertiary/aromatic N) is 7. The molecule has 0 aliphatic rings. The predicted octanol–water partition coefficient (Wildman–Crippen LogP) is 5.55. The number of nitrogens with one attached hydrogen (secondary N) is 1. The van der Waals surface area contributed by atoms with Crippen LogP contribution in [0.25, 0.3) is 0 Å². The van der Waals surface area contributed by atoms with Crippen molar-refractivity contribution in [2.75, 3.05) is 19.1 Å². The quantitative estimate of drug-likeness (QED) is 0.0894. The van der Waals surface area contributed by atoms with Gasteiger partial charge in [0.2, 0.25) is 17.4 Å². The molecule has 0 atom stereocenters. The van der Waals surface area contributed by atoms with Crippen LogP contribution in [0.1, 0.15) is 79.3 Å². The number of rotatable bonds is 12. The van der Waals surface area contributed by atoms with E-state index in [4.69, 9.17) is 44.3 Å². The Kier molecular flexibility index (Phi) is 18.9. The first-order chi connectivity index (χ1) is 31.2. The zero-order valence-electron chi connectivity index (χ0n) is 37.9. The summed E-state index contributed by atoms with van der Waals surface area (Å²) in [5.74, 6) is -1.72. The Hall–Kier alpha value is -6.20. The van der Waals surface area contributed by atoms with Crippen molar-refractivity contribution in [1.29, 1.82) is 0 Å². The standard InChI is InChI=1S/C20H21ClN4O5S.C18H19ClN4O4S.C3H5ClO2.CH2O/c1-11-8-22-25(9-11)10-15-16(31(5,28)29)7-6-14(18(15)21)19(27)17-12(2)23-24(4)20(17)30-13(3)26;1-10-7-20-23(8-10)9-13-14(28(4,26)27)6-5-12(16(13)19)17(24)15-11(2)21-22(3)18(15)25;1-2-6-3(4)5;1-2/h6-9H,10H2,1-5H3;5-8,21H,9H2,1-4H3;2H2,1H3;1H2. The maximum absolute atomic E-state index is 13.4. The maximum Gasteiger partial charge on any atom is 0.403 e. The Morgan fingerprint density at radius 1 is 0.761 bits per heavy atom. The van der Waals surface area contributed by atoms with Crippen molar-refractivity contribution in [2.45, 2.75) is 64.4 Å². The molecule has 6 aromatic rings. The Balaban J connectivity index is 0.000000308. The largest absolute Gasteiger partial charge is 0.454 e. The third kappa shape index (κ3) is 13.7. The van der Waals surface area contributed by atoms with Crippen molar-refractivity contribution in [3.05, 3.63) is 125 Å². The van der Waals surface area contributed by atoms with E-state index in [1.54, 1.807) is 62.0 Å². The lowest BCUT2D eigenvalue weighted by molar-refractivity contribution is -0.132. The van der Waals surface area contributed by atoms with Crippen LogP contribution in [0, 0.1) is 27.7 Å². The lowest BCUT2D eigenvalue weighted by Gasteiger charge is -2.14. The number of hydrogen-bond donors (Lipinski definition) is 1. The van der Waals surface area contributed by atoms with E-state index in [1.165, 1.54) is 47.6 Å². The lowest BCUT2D eigenvalue weighted by atomic mass is 10.0. The minimum absolute atomic E-state index is 0.00493. The second-order valence-corrected chi connectivity index (χ2v) is 19.6. The number of sulfone groups is 2. The number of benzene rings is 2. The second-order valence-electron chi connectivity index (χ2n) is 14.6. The van der Waals surface area contributed by atoms with Crippen LogP contribution in [0.15, 0.2) is 63.6 Å². The normalized spacial score (nSPS) is 11.0. The number of halogens is 3. The lowest BCUT2D eigenvalue weighted by Crippen LogP contribution is -2.20. The van der Waals surface area contributed by atoms with Crippen LogP contribution in [0.5, 0.6) is 5.88 Å². The molecule has 4 aromatic heterocycles. The summed E-state index contributed by atoms with van der Waals surface area (Å²) in [4.78, 5) is 67.7. The van der Waals surface area contributed by atoms with Crippen LogP contribution in [0.2, 0.25) is 10.0 Å². The fourth-order valence-corrected chi connectivity index (χ4v) is 9.17. The molecule has 0 unspecified atom stereocenters. The van der Waals surface area contributed by atoms with Crippen molar-refractivity contribution in [1.82, 2.24) is 39.1 Å². The van der Waals surface area contributed by atoms with E-state index < -0.39 is 48.2 Å². The molecule has 6 rings (SSSR count). The van der Waals surface area contributed by atoms with Gasteiger partial charge in [0, 0.05) is 85.5 Å². The molecule has 0 aliphatic carbocycles. The number of hydrogen-bond acceptors (Lipinski definition) is 15. The number of aromatic amines is 1. The summed E-state index contributed by atoms with van der Waals surface area (Å²) in [6, 6.07) is 5.37. The van der Waals surface area contributed by atoms with Gasteiger partial charge in [-0.1, -0.05) is 23.2 Å². The van der Waals surface area contributed by atoms with Crippen LogP contribution in [0.4, 0.5) is 4.79 Å². The van der Waals surface area contributed by atoms with E-state index in [9.17, 15) is 40.8 Å². The Bertz CT molecular complexity index is 3130. The van der Waals surface area contributed by atoms with Gasteiger partial charge in [-0.3, -0.25) is 38.3 Å². The van der Waals surface area contributed by atoms with Gasteiger partial charge in [0.05, 0.1) is 57.6 Å². The third-order valence-corrected chi connectivity index (χ3v) is 12.5. The average Bonchev–Trinajstić information content (AvgIpc) is 3.97. The van der Waals surface area contributed by atoms with Gasteiger partial charge >= 0.3 is 11.4 Å². The van der Waals surface area contributed by atoms with Crippen molar-refractivity contribution in [2.24, 2.45) is 14.1 Å². The summed E-state index contributed by atoms with van der Waals surface area (Å²) in [5, 5.41) is 15.2. The van der Waals surface area contributed by atoms with Crippen molar-refractivity contribution in [3.8, 4) is 5.88 Å². The number of ether oxygens (including phenoxy) is 2. The average molecular weight is 1030 g/mol. The summed E-state index contributed by atoms with van der Waals surface area (Å²) in [6.45, 7) is 12.3. The fraction of sp³-hybridized carbons (Fsp3) is 0.310. The minimum Gasteiger partial charge on any atom is -0.454 e. The zero-order valence-corrected chi connectivity index (χ0v) is 41.8. The molecule has 0 amide bonds. The maximum atomic E-state index is 13.4. The minimum atomic E-state index is -3.63. The fourth-order valence-electron chi connectivity index (χ4n) is 6.47. The first kappa shape index (κ1) is 55.1. The van der Waals surface area contributed by atoms with Crippen molar-refractivity contribution in [3.63, 3.8) is 0 Å². The van der Waals surface area contributed by atoms with Crippen LogP contribution in [-0.2, 0) is 61.2 Å². The first-order valence-electron chi connectivity index (χ1n) is 19.4. The van der Waals surface area contributed by atoms with Gasteiger partial charge in [-0.15, -0.1) is 0 Å². The second kappa shape index (κ2) is 23.0. The summed E-state index contributed by atoms with van der Waals surface area (Å²) in [6.07, 6.45) is 8.89. The number of H-pyrrole nitrogens is 1. The molecule has 4 heterocycles. The van der Waals surface area contributed by atoms with E-state index in [0.717, 1.165) is 23.6 Å². The highest BCUT2D eigenvalue weighted by Crippen LogP contribution is 2.34. The molecule has 0 aliphatic heterocycles. The Labute approximate surface area is 400 Å². The molecule has 20 nitrogen and oxygen atoms in total. The van der Waals surface area contributed by atoms with Gasteiger partial charge in [0.25, 0.3) is 5.56 Å². The van der Waals surface area contributed by atoms with E-state index in [1.807, 2.05) is 20.6 Å². The summed E-state index contributed by atoms with van der Waals surface area (Å²) in [5.41, 5.74) is 2.00. The molecule has 25 heteroatoms. The highest BCUT2D eigenvalue weighted by Gasteiger charge is 2.29. The number of aryl methyl sites for hydroxylation is 6. The van der Waals surface area contributed by atoms with Gasteiger partial charge < -0.3 is 14.3 Å². The molecule has 0 saturated heterocycles. The molecule has 0 bridgehead atoms. The van der Waals surface area contributed by atoms with Gasteiger partial charge in [0.15, 0.2) is 19.7 Å². The van der Waals surface area contributed by atoms with E-state index in [2.05, 4.69) is 25.1 Å². The van der Waals surface area contributed by atoms with Crippen LogP contribution < -0.4 is 10.3 Å². The van der Waals surface area contributed by atoms with Gasteiger partial charge in [-0.25, -0.2) is 26.3 Å². The molecule has 0 saturated carbocycles. The number of carbonyl (C=O) groups excluding carboxylic acids is 5. The molecule has 67 heavy (non-hydrogen) atoms. The Morgan fingerprint density at radius 3 is 1.51 bits per heavy atom. The van der Waals surface area contributed by atoms with Gasteiger partial charge in [-0.2, -0.15) is 15.3 Å². The molecule has 360 valence electrons. The molecule has 1 N–H and O–H groups in total. The number of aromatic nitrogens is 8. The van der Waals surface area contributed by atoms with Gasteiger partial charge in [-0.05, 0) is 70.0 Å². The topological polar surface area (TPSA) is 263 Å². The van der Waals surface area contributed by atoms with Crippen LogP contribution in [-0.4, -0.2) is 105 Å². The third-order valence-electron chi connectivity index (χ3n) is 9.20. The highest BCUT2D eigenvalue weighted by molar-refractivity contribution is 7.91. The van der Waals surface area contributed by atoms with Crippen molar-refractivity contribution < 1.29 is 50.3 Å². The monoisotopic (exact) mass is 1020 g/mol. The number of esters is 1. The number of ketones is 2. The molecular weight excluding hydrogens is 979 g/mol. The number of carbonyl (C=O) groups is 5. The zero-order chi connectivity index (χ0) is 50.9. The summed E-state index contributed by atoms with van der Waals surface area (Å²) >= 11 is 17.8. The molecule has 0 fully saturated rings. The molecule has 2 aromatic carbocycles. The van der Waals surface area contributed by atoms with E-state index in [-0.39, 0.29) is 72.2 Å². The SMILES string of the molecule is C=O.CC(=O)Oc1c(C(=O)c2ccc(S(C)(=O)=O)c(Cn3cc(C)cn3)c2Cl)c(C)nn1C.CCOC(=O)Cl.Cc1cnn(Cc2c(S(C)(=O)=O)ccc(C(=O)c3c(C)[nH]n(C)c3=O)c2Cl)c1. The van der Waals surface area contributed by atoms with Crippen LogP contribution >= 0.6 is 34.8 Å². The van der Waals surface area contributed by atoms with E-state index >= 15 is 0 Å². The highest BCUT2D eigenvalue weighted by atomic mass is 35.5. The van der Waals surface area contributed by atoms with Crippen LogP contribution in [0.3, 0.4) is 0 Å². The molecule has 0 radical (unpaired) electrons.